The molecule has 0 atom stereocenters. The van der Waals surface area contributed by atoms with E-state index >= 15 is 0 Å². The third-order valence-corrected chi connectivity index (χ3v) is 6.65. The Labute approximate surface area is 229 Å². The summed E-state index contributed by atoms with van der Waals surface area (Å²) in [7, 11) is 0. The molecule has 2 aliphatic rings. The first kappa shape index (κ1) is 26.6. The zero-order chi connectivity index (χ0) is 26.7. The number of nitrogens with zero attached hydrogens (tertiary/aromatic N) is 4. The number of aromatic nitrogens is 2. The van der Waals surface area contributed by atoms with Gasteiger partial charge in [0.2, 0.25) is 5.95 Å². The van der Waals surface area contributed by atoms with E-state index in [2.05, 4.69) is 42.2 Å². The minimum Gasteiger partial charge on any atom is -0.379 e. The van der Waals surface area contributed by atoms with E-state index < -0.39 is 0 Å². The molecule has 9 heteroatoms. The third-order valence-electron chi connectivity index (χ3n) is 6.65. The summed E-state index contributed by atoms with van der Waals surface area (Å²) in [4.78, 5) is 26.3. The molecule has 2 fully saturated rings. The molecule has 2 N–H and O–H groups in total. The summed E-state index contributed by atoms with van der Waals surface area (Å²) in [6.45, 7) is 8.56. The van der Waals surface area contributed by atoms with E-state index in [0.717, 1.165) is 75.7 Å². The first-order chi connectivity index (χ1) is 19.2. The van der Waals surface area contributed by atoms with E-state index in [-0.39, 0.29) is 5.91 Å². The fourth-order valence-electron chi connectivity index (χ4n) is 4.50. The van der Waals surface area contributed by atoms with Gasteiger partial charge in [0.1, 0.15) is 0 Å². The van der Waals surface area contributed by atoms with Gasteiger partial charge in [0, 0.05) is 67.6 Å². The highest BCUT2D eigenvalue weighted by Crippen LogP contribution is 2.19. The normalized spacial score (nSPS) is 15.7. The zero-order valence-electron chi connectivity index (χ0n) is 22.1. The molecular weight excluding hydrogens is 492 g/mol. The van der Waals surface area contributed by atoms with Crippen molar-refractivity contribution in [3.05, 3.63) is 77.6 Å². The van der Waals surface area contributed by atoms with Gasteiger partial charge in [-0.3, -0.25) is 9.69 Å². The van der Waals surface area contributed by atoms with Crippen LogP contribution in [-0.4, -0.2) is 86.5 Å². The van der Waals surface area contributed by atoms with Gasteiger partial charge in [-0.2, -0.15) is 0 Å². The van der Waals surface area contributed by atoms with Crippen LogP contribution in [0.1, 0.15) is 27.9 Å². The van der Waals surface area contributed by atoms with Gasteiger partial charge in [-0.05, 0) is 49.4 Å². The summed E-state index contributed by atoms with van der Waals surface area (Å²) in [6, 6.07) is 15.2. The fourth-order valence-corrected chi connectivity index (χ4v) is 4.50. The van der Waals surface area contributed by atoms with Crippen LogP contribution < -0.4 is 15.5 Å². The van der Waals surface area contributed by atoms with Crippen LogP contribution in [0.3, 0.4) is 0 Å². The Kier molecular flexibility index (Phi) is 9.36. The molecule has 3 aromatic rings. The van der Waals surface area contributed by atoms with Crippen molar-refractivity contribution in [1.82, 2.24) is 14.9 Å². The highest BCUT2D eigenvalue weighted by Gasteiger charge is 2.14. The Hall–Kier alpha value is -3.97. The van der Waals surface area contributed by atoms with Crippen LogP contribution in [0.2, 0.25) is 0 Å². The molecule has 0 spiro atoms. The van der Waals surface area contributed by atoms with E-state index in [1.165, 1.54) is 0 Å². The lowest BCUT2D eigenvalue weighted by Crippen LogP contribution is -2.37. The molecule has 0 unspecified atom stereocenters. The van der Waals surface area contributed by atoms with Gasteiger partial charge in [0.15, 0.2) is 0 Å². The predicted molar refractivity (Wildman–Crippen MR) is 152 cm³/mol. The highest BCUT2D eigenvalue weighted by molar-refractivity contribution is 6.04. The van der Waals surface area contributed by atoms with Crippen molar-refractivity contribution < 1.29 is 14.3 Å². The molecule has 0 bridgehead atoms. The van der Waals surface area contributed by atoms with E-state index in [1.807, 2.05) is 48.5 Å². The topological polar surface area (TPSA) is 91.9 Å². The van der Waals surface area contributed by atoms with Crippen LogP contribution >= 0.6 is 0 Å². The number of anilines is 3. The number of carbonyl (C=O) groups is 1. The Morgan fingerprint density at radius 1 is 0.872 bits per heavy atom. The first-order valence-corrected chi connectivity index (χ1v) is 13.5. The largest absolute Gasteiger partial charge is 0.379 e. The van der Waals surface area contributed by atoms with Crippen LogP contribution in [-0.2, 0) is 9.47 Å². The molecule has 1 aromatic heterocycles. The van der Waals surface area contributed by atoms with Gasteiger partial charge in [0.25, 0.3) is 5.91 Å². The molecule has 202 valence electrons. The molecule has 5 rings (SSSR count). The first-order valence-electron chi connectivity index (χ1n) is 13.5. The summed E-state index contributed by atoms with van der Waals surface area (Å²) >= 11 is 0. The van der Waals surface area contributed by atoms with Gasteiger partial charge in [0.05, 0.1) is 32.0 Å². The second-order valence-electron chi connectivity index (χ2n) is 9.46. The van der Waals surface area contributed by atoms with Crippen molar-refractivity contribution in [1.29, 1.82) is 0 Å². The van der Waals surface area contributed by atoms with Crippen molar-refractivity contribution in [3.63, 3.8) is 0 Å². The number of benzene rings is 2. The molecule has 2 saturated heterocycles. The van der Waals surface area contributed by atoms with Gasteiger partial charge in [-0.1, -0.05) is 24.0 Å². The molecule has 2 aromatic carbocycles. The molecule has 0 aliphatic carbocycles. The average Bonchev–Trinajstić information content (AvgIpc) is 3.00. The number of hydrogen-bond donors (Lipinski definition) is 2. The summed E-state index contributed by atoms with van der Waals surface area (Å²) in [6.07, 6.45) is 4.46. The van der Waals surface area contributed by atoms with Crippen LogP contribution in [0.4, 0.5) is 17.3 Å². The monoisotopic (exact) mass is 526 g/mol. The van der Waals surface area contributed by atoms with E-state index in [9.17, 15) is 4.79 Å². The van der Waals surface area contributed by atoms with Crippen molar-refractivity contribution in [3.8, 4) is 11.8 Å². The minimum absolute atomic E-state index is 0.156. The fraction of sp³-hybridized carbons (Fsp3) is 0.367. The Balaban J connectivity index is 1.13. The van der Waals surface area contributed by atoms with Crippen molar-refractivity contribution in [2.45, 2.75) is 6.42 Å². The number of hydrogen-bond acceptors (Lipinski definition) is 8. The summed E-state index contributed by atoms with van der Waals surface area (Å²) < 4.78 is 10.8. The number of morpholine rings is 2. The van der Waals surface area contributed by atoms with Gasteiger partial charge < -0.3 is 25.0 Å². The van der Waals surface area contributed by atoms with Crippen molar-refractivity contribution in [2.75, 3.05) is 81.2 Å². The maximum Gasteiger partial charge on any atom is 0.255 e. The minimum atomic E-state index is -0.156. The molecule has 0 saturated carbocycles. The lowest BCUT2D eigenvalue weighted by Gasteiger charge is -2.29. The van der Waals surface area contributed by atoms with Crippen LogP contribution in [0.15, 0.2) is 60.9 Å². The third kappa shape index (κ3) is 8.01. The van der Waals surface area contributed by atoms with E-state index in [4.69, 9.17) is 9.47 Å². The second-order valence-corrected chi connectivity index (χ2v) is 9.46. The maximum absolute atomic E-state index is 12.9. The standard InChI is InChI=1S/C30H34N6O3/c37-29(26-5-2-7-28(21-26)36-14-18-39-19-15-36)34-27-6-1-4-24(20-27)8-9-25-22-32-30(33-23-25)31-10-3-11-35-12-16-38-17-13-35/h1-2,4-7,20-23H,3,10-19H2,(H,34,37)(H,31,32,33). The van der Waals surface area contributed by atoms with E-state index in [0.29, 0.717) is 30.4 Å². The van der Waals surface area contributed by atoms with Gasteiger partial charge in [-0.25, -0.2) is 9.97 Å². The molecule has 39 heavy (non-hydrogen) atoms. The lowest BCUT2D eigenvalue weighted by molar-refractivity contribution is 0.0378. The Morgan fingerprint density at radius 2 is 1.59 bits per heavy atom. The predicted octanol–water partition coefficient (Wildman–Crippen LogP) is 3.10. The average molecular weight is 527 g/mol. The molecule has 1 amide bonds. The van der Waals surface area contributed by atoms with Crippen molar-refractivity contribution in [2.24, 2.45) is 0 Å². The lowest BCUT2D eigenvalue weighted by atomic mass is 10.1. The molecular formula is C30H34N6O3. The summed E-state index contributed by atoms with van der Waals surface area (Å²) in [5.74, 6) is 6.69. The molecule has 3 heterocycles. The maximum atomic E-state index is 12.9. The molecule has 9 nitrogen and oxygen atoms in total. The summed E-state index contributed by atoms with van der Waals surface area (Å²) in [5, 5.41) is 6.26. The second kappa shape index (κ2) is 13.7. The smallest absolute Gasteiger partial charge is 0.255 e. The molecule has 2 aliphatic heterocycles. The number of amides is 1. The Morgan fingerprint density at radius 3 is 2.38 bits per heavy atom. The number of ether oxygens (including phenoxy) is 2. The quantitative estimate of drug-likeness (QED) is 0.342. The summed E-state index contributed by atoms with van der Waals surface area (Å²) in [5.41, 5.74) is 3.85. The number of carbonyl (C=O) groups excluding carboxylic acids is 1. The van der Waals surface area contributed by atoms with Crippen LogP contribution in [0.5, 0.6) is 0 Å². The number of nitrogens with one attached hydrogen (secondary N) is 2. The van der Waals surface area contributed by atoms with Crippen LogP contribution in [0, 0.1) is 11.8 Å². The van der Waals surface area contributed by atoms with E-state index in [1.54, 1.807) is 12.4 Å². The van der Waals surface area contributed by atoms with Gasteiger partial charge >= 0.3 is 0 Å². The van der Waals surface area contributed by atoms with Crippen LogP contribution in [0.25, 0.3) is 0 Å². The Bertz CT molecular complexity index is 1290. The number of rotatable bonds is 8. The SMILES string of the molecule is O=C(Nc1cccc(C#Cc2cnc(NCCCN3CCOCC3)nc2)c1)c1cccc(N2CCOCC2)c1. The van der Waals surface area contributed by atoms with Gasteiger partial charge in [-0.15, -0.1) is 0 Å². The zero-order valence-corrected chi connectivity index (χ0v) is 22.1. The molecule has 0 radical (unpaired) electrons. The van der Waals surface area contributed by atoms with Crippen molar-refractivity contribution >= 4 is 23.2 Å². The highest BCUT2D eigenvalue weighted by atomic mass is 16.5.